The molecule has 2 heteroatoms. The molecule has 0 unspecified atom stereocenters. The first-order valence-corrected chi connectivity index (χ1v) is 5.58. The van der Waals surface area contributed by atoms with Crippen molar-refractivity contribution < 1.29 is 0 Å². The molecule has 0 saturated heterocycles. The molecular weight excluding hydrogens is 196 g/mol. The summed E-state index contributed by atoms with van der Waals surface area (Å²) in [6, 6.07) is 16.4. The van der Waals surface area contributed by atoms with E-state index in [1.807, 2.05) is 24.4 Å². The van der Waals surface area contributed by atoms with Gasteiger partial charge < -0.3 is 5.73 Å². The average Bonchev–Trinajstić information content (AvgIpc) is 2.38. The maximum Gasteiger partial charge on any atom is 0.0478 e. The van der Waals surface area contributed by atoms with E-state index in [-0.39, 0.29) is 0 Å². The third kappa shape index (κ3) is 2.47. The van der Waals surface area contributed by atoms with Crippen molar-refractivity contribution in [3.05, 3.63) is 66.0 Å². The van der Waals surface area contributed by atoms with Gasteiger partial charge in [0.25, 0.3) is 0 Å². The van der Waals surface area contributed by atoms with Crippen molar-refractivity contribution in [3.63, 3.8) is 0 Å². The molecule has 2 nitrogen and oxygen atoms in total. The summed E-state index contributed by atoms with van der Waals surface area (Å²) < 4.78 is 0. The fraction of sp³-hybridized carbons (Fsp3) is 0.214. The van der Waals surface area contributed by atoms with Crippen LogP contribution in [0.15, 0.2) is 54.7 Å². The van der Waals surface area contributed by atoms with E-state index in [0.29, 0.717) is 12.5 Å². The second-order valence-corrected chi connectivity index (χ2v) is 3.80. The monoisotopic (exact) mass is 212 g/mol. The van der Waals surface area contributed by atoms with E-state index in [1.54, 1.807) is 0 Å². The largest absolute Gasteiger partial charge is 0.330 e. The molecule has 0 aliphatic carbocycles. The molecule has 16 heavy (non-hydrogen) atoms. The van der Waals surface area contributed by atoms with Crippen molar-refractivity contribution in [1.82, 2.24) is 4.98 Å². The van der Waals surface area contributed by atoms with Crippen LogP contribution in [0.3, 0.4) is 0 Å². The minimum atomic E-state index is 0.312. The van der Waals surface area contributed by atoms with Crippen LogP contribution in [0, 0.1) is 0 Å². The zero-order valence-corrected chi connectivity index (χ0v) is 9.21. The Bertz CT molecular complexity index is 372. The fourth-order valence-electron chi connectivity index (χ4n) is 1.92. The number of nitrogens with two attached hydrogens (primary N) is 1. The predicted octanol–water partition coefficient (Wildman–Crippen LogP) is 2.56. The lowest BCUT2D eigenvalue weighted by Gasteiger charge is -2.15. The Kier molecular flexibility index (Phi) is 3.67. The van der Waals surface area contributed by atoms with E-state index in [4.69, 9.17) is 5.73 Å². The minimum Gasteiger partial charge on any atom is -0.330 e. The maximum absolute atomic E-state index is 5.68. The molecule has 0 amide bonds. The van der Waals surface area contributed by atoms with Gasteiger partial charge in [-0.05, 0) is 30.7 Å². The van der Waals surface area contributed by atoms with Gasteiger partial charge in [-0.3, -0.25) is 4.98 Å². The number of hydrogen-bond donors (Lipinski definition) is 1. The smallest absolute Gasteiger partial charge is 0.0478 e. The summed E-state index contributed by atoms with van der Waals surface area (Å²) in [4.78, 5) is 4.42. The Labute approximate surface area is 96.1 Å². The van der Waals surface area contributed by atoms with Gasteiger partial charge in [0.15, 0.2) is 0 Å². The van der Waals surface area contributed by atoms with E-state index in [0.717, 1.165) is 12.1 Å². The molecule has 1 aromatic heterocycles. The summed E-state index contributed by atoms with van der Waals surface area (Å²) in [5.41, 5.74) is 8.06. The topological polar surface area (TPSA) is 38.9 Å². The molecule has 0 spiro atoms. The van der Waals surface area contributed by atoms with Crippen LogP contribution in [0.1, 0.15) is 23.6 Å². The standard InChI is InChI=1S/C14H16N2/c15-10-9-13(12-6-2-1-3-7-12)14-8-4-5-11-16-14/h1-8,11,13H,9-10,15H2/t13-/m0/s1. The SMILES string of the molecule is NCC[C@@H](c1ccccc1)c1ccccn1. The van der Waals surface area contributed by atoms with Crippen LogP contribution in [0.5, 0.6) is 0 Å². The molecule has 1 heterocycles. The van der Waals surface area contributed by atoms with Gasteiger partial charge in [0.1, 0.15) is 0 Å². The van der Waals surface area contributed by atoms with Gasteiger partial charge in [0, 0.05) is 17.8 Å². The van der Waals surface area contributed by atoms with Crippen LogP contribution in [-0.2, 0) is 0 Å². The number of pyridine rings is 1. The third-order valence-electron chi connectivity index (χ3n) is 2.70. The molecule has 1 aromatic carbocycles. The van der Waals surface area contributed by atoms with E-state index in [2.05, 4.69) is 35.3 Å². The van der Waals surface area contributed by atoms with Gasteiger partial charge in [0.2, 0.25) is 0 Å². The van der Waals surface area contributed by atoms with Gasteiger partial charge in [-0.15, -0.1) is 0 Å². The van der Waals surface area contributed by atoms with Gasteiger partial charge in [-0.1, -0.05) is 36.4 Å². The molecule has 0 bridgehead atoms. The van der Waals surface area contributed by atoms with E-state index in [9.17, 15) is 0 Å². The lowest BCUT2D eigenvalue weighted by atomic mass is 9.92. The van der Waals surface area contributed by atoms with Crippen molar-refractivity contribution in [1.29, 1.82) is 0 Å². The maximum atomic E-state index is 5.68. The summed E-state index contributed by atoms with van der Waals surface area (Å²) in [6.45, 7) is 0.677. The van der Waals surface area contributed by atoms with Crippen molar-refractivity contribution in [2.45, 2.75) is 12.3 Å². The molecule has 2 rings (SSSR count). The van der Waals surface area contributed by atoms with E-state index < -0.39 is 0 Å². The second kappa shape index (κ2) is 5.42. The minimum absolute atomic E-state index is 0.312. The Hall–Kier alpha value is -1.67. The Morgan fingerprint density at radius 1 is 1.00 bits per heavy atom. The molecule has 0 aliphatic heterocycles. The van der Waals surface area contributed by atoms with Crippen molar-refractivity contribution in [3.8, 4) is 0 Å². The summed E-state index contributed by atoms with van der Waals surface area (Å²) in [5.74, 6) is 0.312. The van der Waals surface area contributed by atoms with Crippen molar-refractivity contribution in [2.75, 3.05) is 6.54 Å². The molecule has 0 radical (unpaired) electrons. The average molecular weight is 212 g/mol. The van der Waals surface area contributed by atoms with Crippen molar-refractivity contribution >= 4 is 0 Å². The van der Waals surface area contributed by atoms with Gasteiger partial charge in [0.05, 0.1) is 0 Å². The van der Waals surface area contributed by atoms with Crippen LogP contribution in [0.25, 0.3) is 0 Å². The third-order valence-corrected chi connectivity index (χ3v) is 2.70. The fourth-order valence-corrected chi connectivity index (χ4v) is 1.92. The first-order chi connectivity index (χ1) is 7.92. The number of nitrogens with zero attached hydrogens (tertiary/aromatic N) is 1. The van der Waals surface area contributed by atoms with Gasteiger partial charge in [-0.2, -0.15) is 0 Å². The number of rotatable bonds is 4. The highest BCUT2D eigenvalue weighted by Crippen LogP contribution is 2.25. The molecular formula is C14H16N2. The first kappa shape index (κ1) is 10.8. The highest BCUT2D eigenvalue weighted by Gasteiger charge is 2.13. The predicted molar refractivity (Wildman–Crippen MR) is 66.2 cm³/mol. The zero-order valence-electron chi connectivity index (χ0n) is 9.21. The zero-order chi connectivity index (χ0) is 11.2. The lowest BCUT2D eigenvalue weighted by Crippen LogP contribution is -2.09. The summed E-state index contributed by atoms with van der Waals surface area (Å²) in [7, 11) is 0. The highest BCUT2D eigenvalue weighted by molar-refractivity contribution is 5.28. The first-order valence-electron chi connectivity index (χ1n) is 5.58. The van der Waals surface area contributed by atoms with Crippen molar-refractivity contribution in [2.24, 2.45) is 5.73 Å². The molecule has 0 aliphatic rings. The molecule has 2 N–H and O–H groups in total. The van der Waals surface area contributed by atoms with Gasteiger partial charge in [-0.25, -0.2) is 0 Å². The second-order valence-electron chi connectivity index (χ2n) is 3.80. The van der Waals surface area contributed by atoms with Crippen LogP contribution in [-0.4, -0.2) is 11.5 Å². The quantitative estimate of drug-likeness (QED) is 0.846. The van der Waals surface area contributed by atoms with Crippen LogP contribution in [0.2, 0.25) is 0 Å². The van der Waals surface area contributed by atoms with Crippen LogP contribution >= 0.6 is 0 Å². The molecule has 2 aromatic rings. The summed E-state index contributed by atoms with van der Waals surface area (Å²) >= 11 is 0. The van der Waals surface area contributed by atoms with E-state index >= 15 is 0 Å². The number of benzene rings is 1. The lowest BCUT2D eigenvalue weighted by molar-refractivity contribution is 0.706. The summed E-state index contributed by atoms with van der Waals surface area (Å²) in [6.07, 6.45) is 2.77. The Morgan fingerprint density at radius 2 is 1.75 bits per heavy atom. The highest BCUT2D eigenvalue weighted by atomic mass is 14.7. The van der Waals surface area contributed by atoms with Gasteiger partial charge >= 0.3 is 0 Å². The molecule has 0 fully saturated rings. The van der Waals surface area contributed by atoms with Crippen LogP contribution < -0.4 is 5.73 Å². The number of aromatic nitrogens is 1. The van der Waals surface area contributed by atoms with E-state index in [1.165, 1.54) is 5.56 Å². The molecule has 0 saturated carbocycles. The Morgan fingerprint density at radius 3 is 2.38 bits per heavy atom. The Balaban J connectivity index is 2.31. The summed E-state index contributed by atoms with van der Waals surface area (Å²) in [5, 5.41) is 0. The molecule has 82 valence electrons. The molecule has 1 atom stereocenters. The van der Waals surface area contributed by atoms with Crippen LogP contribution in [0.4, 0.5) is 0 Å². The number of hydrogen-bond acceptors (Lipinski definition) is 2. The normalized spacial score (nSPS) is 12.3.